The van der Waals surface area contributed by atoms with Gasteiger partial charge >= 0.3 is 12.0 Å². The smallest absolute Gasteiger partial charge is 0.344 e. The number of ether oxygens (including phenoxy) is 2. The molecule has 25 heavy (non-hydrogen) atoms. The third-order valence-corrected chi connectivity index (χ3v) is 4.25. The zero-order valence-corrected chi connectivity index (χ0v) is 13.5. The van der Waals surface area contributed by atoms with E-state index in [1.54, 1.807) is 0 Å². The topological polar surface area (TPSA) is 35.5 Å². The highest BCUT2D eigenvalue weighted by molar-refractivity contribution is 5.71. The molecule has 1 saturated carbocycles. The monoisotopic (exact) mass is 364 g/mol. The normalized spacial score (nSPS) is 15.8. The predicted molar refractivity (Wildman–Crippen MR) is 79.7 cm³/mol. The van der Waals surface area contributed by atoms with Gasteiger partial charge in [-0.2, -0.15) is 8.78 Å². The number of hydrogen-bond donors (Lipinski definition) is 0. The highest BCUT2D eigenvalue weighted by atomic mass is 19.3. The lowest BCUT2D eigenvalue weighted by molar-refractivity contribution is -0.162. The molecule has 0 aliphatic heterocycles. The molecule has 0 aromatic heterocycles. The van der Waals surface area contributed by atoms with Crippen LogP contribution in [0.5, 0.6) is 5.75 Å². The molecule has 0 bridgehead atoms. The predicted octanol–water partition coefficient (Wildman–Crippen LogP) is 5.14. The molecular formula is C17H17F5O3. The fourth-order valence-corrected chi connectivity index (χ4v) is 2.90. The largest absolute Gasteiger partial charge is 0.482 e. The Morgan fingerprint density at radius 1 is 1.12 bits per heavy atom. The second kappa shape index (κ2) is 7.84. The zero-order valence-electron chi connectivity index (χ0n) is 13.5. The summed E-state index contributed by atoms with van der Waals surface area (Å²) in [5.74, 6) is -6.54. The summed E-state index contributed by atoms with van der Waals surface area (Å²) in [6, 6.07) is 1.05. The van der Waals surface area contributed by atoms with Crippen LogP contribution in [0.1, 0.15) is 44.6 Å². The van der Waals surface area contributed by atoms with Crippen LogP contribution in [-0.2, 0) is 9.53 Å². The summed E-state index contributed by atoms with van der Waals surface area (Å²) in [5, 5.41) is 0. The second-order valence-electron chi connectivity index (χ2n) is 5.84. The number of hydrogen-bond acceptors (Lipinski definition) is 3. The molecule has 0 unspecified atom stereocenters. The summed E-state index contributed by atoms with van der Waals surface area (Å²) in [7, 11) is 0. The standard InChI is InChI=1S/C17H17F5O3/c1-2-17(5-3-4-6-17)25-13(23)9-24-10-7-11(18)14(12(19)8-10)15(20)16(21)22/h7-8H,2-6,9H2,1H3. The van der Waals surface area contributed by atoms with E-state index >= 15 is 0 Å². The van der Waals surface area contributed by atoms with Crippen molar-refractivity contribution in [2.24, 2.45) is 0 Å². The molecule has 0 amide bonds. The molecule has 0 heterocycles. The molecule has 138 valence electrons. The molecule has 8 heteroatoms. The third-order valence-electron chi connectivity index (χ3n) is 4.25. The zero-order chi connectivity index (χ0) is 18.6. The third kappa shape index (κ3) is 4.49. The van der Waals surface area contributed by atoms with Gasteiger partial charge in [-0.25, -0.2) is 18.0 Å². The molecule has 0 N–H and O–H groups in total. The Bertz CT molecular complexity index is 654. The first-order valence-corrected chi connectivity index (χ1v) is 7.83. The van der Waals surface area contributed by atoms with Crippen molar-refractivity contribution in [1.82, 2.24) is 0 Å². The van der Waals surface area contributed by atoms with Crippen LogP contribution >= 0.6 is 0 Å². The van der Waals surface area contributed by atoms with E-state index in [1.165, 1.54) is 0 Å². The first-order valence-electron chi connectivity index (χ1n) is 7.83. The van der Waals surface area contributed by atoms with E-state index in [2.05, 4.69) is 0 Å². The average molecular weight is 364 g/mol. The van der Waals surface area contributed by atoms with Crippen LogP contribution in [0.4, 0.5) is 22.0 Å². The highest BCUT2D eigenvalue weighted by Crippen LogP contribution is 2.36. The number of benzene rings is 1. The Morgan fingerprint density at radius 3 is 2.16 bits per heavy atom. The summed E-state index contributed by atoms with van der Waals surface area (Å²) in [4.78, 5) is 11.9. The maximum Gasteiger partial charge on any atom is 0.344 e. The Kier molecular flexibility index (Phi) is 6.02. The summed E-state index contributed by atoms with van der Waals surface area (Å²) < 4.78 is 75.1. The molecule has 0 saturated heterocycles. The summed E-state index contributed by atoms with van der Waals surface area (Å²) in [5.41, 5.74) is -2.02. The lowest BCUT2D eigenvalue weighted by Gasteiger charge is -2.27. The van der Waals surface area contributed by atoms with E-state index in [1.807, 2.05) is 6.92 Å². The number of rotatable bonds is 6. The Balaban J connectivity index is 2.04. The van der Waals surface area contributed by atoms with Gasteiger partial charge in [0.15, 0.2) is 6.61 Å². The van der Waals surface area contributed by atoms with Crippen molar-refractivity contribution in [2.75, 3.05) is 6.61 Å². The number of esters is 1. The highest BCUT2D eigenvalue weighted by Gasteiger charge is 2.35. The Labute approximate surface area is 141 Å². The maximum absolute atomic E-state index is 13.6. The van der Waals surface area contributed by atoms with Crippen LogP contribution in [0.25, 0.3) is 5.83 Å². The van der Waals surface area contributed by atoms with E-state index in [9.17, 15) is 26.7 Å². The van der Waals surface area contributed by atoms with Crippen LogP contribution in [0.3, 0.4) is 0 Å². The van der Waals surface area contributed by atoms with E-state index in [-0.39, 0.29) is 0 Å². The number of halogens is 5. The van der Waals surface area contributed by atoms with Gasteiger partial charge in [0.25, 0.3) is 0 Å². The van der Waals surface area contributed by atoms with E-state index < -0.39 is 53.0 Å². The van der Waals surface area contributed by atoms with E-state index in [0.29, 0.717) is 18.6 Å². The summed E-state index contributed by atoms with van der Waals surface area (Å²) >= 11 is 0. The van der Waals surface area contributed by atoms with Crippen molar-refractivity contribution in [3.63, 3.8) is 0 Å². The van der Waals surface area contributed by atoms with Gasteiger partial charge in [-0.05, 0) is 32.1 Å². The van der Waals surface area contributed by atoms with Gasteiger partial charge < -0.3 is 9.47 Å². The fourth-order valence-electron chi connectivity index (χ4n) is 2.90. The van der Waals surface area contributed by atoms with Gasteiger partial charge in [-0.1, -0.05) is 6.92 Å². The van der Waals surface area contributed by atoms with Crippen LogP contribution in [0, 0.1) is 11.6 Å². The van der Waals surface area contributed by atoms with E-state index in [0.717, 1.165) is 25.7 Å². The first kappa shape index (κ1) is 19.2. The van der Waals surface area contributed by atoms with Gasteiger partial charge in [0.2, 0.25) is 5.83 Å². The first-order chi connectivity index (χ1) is 11.8. The molecule has 1 aliphatic carbocycles. The molecule has 3 nitrogen and oxygen atoms in total. The van der Waals surface area contributed by atoms with Crippen molar-refractivity contribution in [2.45, 2.75) is 44.6 Å². The maximum atomic E-state index is 13.6. The minimum atomic E-state index is -2.84. The van der Waals surface area contributed by atoms with Gasteiger partial charge in [0.1, 0.15) is 23.0 Å². The van der Waals surface area contributed by atoms with Crippen molar-refractivity contribution in [1.29, 1.82) is 0 Å². The summed E-state index contributed by atoms with van der Waals surface area (Å²) in [6.07, 6.45) is 1.20. The lowest BCUT2D eigenvalue weighted by Crippen LogP contribution is -2.33. The van der Waals surface area contributed by atoms with E-state index in [4.69, 9.17) is 9.47 Å². The second-order valence-corrected chi connectivity index (χ2v) is 5.84. The van der Waals surface area contributed by atoms with Crippen LogP contribution in [-0.4, -0.2) is 18.2 Å². The van der Waals surface area contributed by atoms with Crippen LogP contribution < -0.4 is 4.74 Å². The van der Waals surface area contributed by atoms with Crippen molar-refractivity contribution < 1.29 is 36.2 Å². The SMILES string of the molecule is CCC1(OC(=O)COc2cc(F)c(C(F)=C(F)F)c(F)c2)CCCC1. The number of carbonyl (C=O) groups excluding carboxylic acids is 1. The van der Waals surface area contributed by atoms with Gasteiger partial charge in [-0.3, -0.25) is 0 Å². The van der Waals surface area contributed by atoms with Crippen molar-refractivity contribution in [3.8, 4) is 5.75 Å². The minimum absolute atomic E-state index is 0.431. The molecule has 1 aromatic rings. The Hall–Kier alpha value is -2.12. The van der Waals surface area contributed by atoms with Crippen LogP contribution in [0.2, 0.25) is 0 Å². The van der Waals surface area contributed by atoms with Gasteiger partial charge in [-0.15, -0.1) is 0 Å². The molecule has 2 rings (SSSR count). The van der Waals surface area contributed by atoms with Gasteiger partial charge in [0, 0.05) is 12.1 Å². The molecule has 1 aliphatic rings. The molecule has 0 radical (unpaired) electrons. The summed E-state index contributed by atoms with van der Waals surface area (Å²) in [6.45, 7) is 1.30. The average Bonchev–Trinajstić information content (AvgIpc) is 3.01. The van der Waals surface area contributed by atoms with Crippen LogP contribution in [0.15, 0.2) is 18.2 Å². The molecule has 0 spiro atoms. The Morgan fingerprint density at radius 2 is 1.68 bits per heavy atom. The molecule has 1 aromatic carbocycles. The molecule has 0 atom stereocenters. The fraction of sp³-hybridized carbons (Fsp3) is 0.471. The minimum Gasteiger partial charge on any atom is -0.482 e. The van der Waals surface area contributed by atoms with Gasteiger partial charge in [0.05, 0.1) is 5.56 Å². The van der Waals surface area contributed by atoms with Crippen molar-refractivity contribution in [3.05, 3.63) is 35.4 Å². The quantitative estimate of drug-likeness (QED) is 0.518. The van der Waals surface area contributed by atoms with Crippen molar-refractivity contribution >= 4 is 11.8 Å². The number of carbonyl (C=O) groups is 1. The molecular weight excluding hydrogens is 347 g/mol. The lowest BCUT2D eigenvalue weighted by atomic mass is 9.99. The molecule has 1 fully saturated rings.